The van der Waals surface area contributed by atoms with E-state index in [4.69, 9.17) is 14.2 Å². The molecule has 3 rings (SSSR count). The Hall–Kier alpha value is -2.77. The van der Waals surface area contributed by atoms with Gasteiger partial charge in [0.2, 0.25) is 18.6 Å². The molecular formula is C16H18N2O6. The highest BCUT2D eigenvalue weighted by Crippen LogP contribution is 2.37. The van der Waals surface area contributed by atoms with E-state index in [2.05, 4.69) is 5.32 Å². The Kier molecular flexibility index (Phi) is 4.54. The van der Waals surface area contributed by atoms with Gasteiger partial charge in [0.1, 0.15) is 6.54 Å². The van der Waals surface area contributed by atoms with Crippen LogP contribution in [0, 0.1) is 5.92 Å². The number of rotatable bonds is 5. The van der Waals surface area contributed by atoms with Crippen molar-refractivity contribution in [2.24, 2.45) is 5.92 Å². The Morgan fingerprint density at radius 1 is 1.33 bits per heavy atom. The number of hydrogen-bond acceptors (Lipinski definition) is 6. The summed E-state index contributed by atoms with van der Waals surface area (Å²) in [6.07, 6.45) is 0.100. The summed E-state index contributed by atoms with van der Waals surface area (Å²) >= 11 is 0. The summed E-state index contributed by atoms with van der Waals surface area (Å²) in [4.78, 5) is 37.2. The first-order valence-electron chi connectivity index (χ1n) is 7.72. The summed E-state index contributed by atoms with van der Waals surface area (Å²) in [5, 5.41) is 2.51. The van der Waals surface area contributed by atoms with Crippen LogP contribution in [0.5, 0.6) is 11.5 Å². The monoisotopic (exact) mass is 334 g/mol. The average molecular weight is 334 g/mol. The number of carbonyl (C=O) groups is 3. The summed E-state index contributed by atoms with van der Waals surface area (Å²) in [5.41, 5.74) is 0.657. The van der Waals surface area contributed by atoms with Crippen molar-refractivity contribution < 1.29 is 28.6 Å². The first-order valence-corrected chi connectivity index (χ1v) is 7.72. The van der Waals surface area contributed by atoms with Crippen molar-refractivity contribution in [3.63, 3.8) is 0 Å². The molecule has 0 radical (unpaired) electrons. The lowest BCUT2D eigenvalue weighted by molar-refractivity contribution is -0.143. The molecule has 2 aliphatic heterocycles. The molecule has 1 unspecified atom stereocenters. The van der Waals surface area contributed by atoms with E-state index in [0.29, 0.717) is 17.2 Å². The standard InChI is InChI=1S/C16H18N2O6/c1-2-22-15(20)7-17-16(21)10-5-14(19)18(8-10)11-3-4-12-13(6-11)24-9-23-12/h3-4,6,10H,2,5,7-9H2,1H3,(H,17,21). The number of hydrogen-bond donors (Lipinski definition) is 1. The minimum atomic E-state index is -0.502. The Morgan fingerprint density at radius 3 is 2.92 bits per heavy atom. The smallest absolute Gasteiger partial charge is 0.325 e. The van der Waals surface area contributed by atoms with E-state index in [-0.39, 0.29) is 44.7 Å². The zero-order valence-electron chi connectivity index (χ0n) is 13.2. The van der Waals surface area contributed by atoms with E-state index in [1.165, 1.54) is 4.90 Å². The highest BCUT2D eigenvalue weighted by atomic mass is 16.7. The largest absolute Gasteiger partial charge is 0.465 e. The lowest BCUT2D eigenvalue weighted by atomic mass is 10.1. The molecule has 8 heteroatoms. The lowest BCUT2D eigenvalue weighted by Crippen LogP contribution is -2.36. The highest BCUT2D eigenvalue weighted by Gasteiger charge is 2.35. The van der Waals surface area contributed by atoms with Gasteiger partial charge in [0.15, 0.2) is 11.5 Å². The van der Waals surface area contributed by atoms with Crippen LogP contribution in [0.1, 0.15) is 13.3 Å². The number of fused-ring (bicyclic) bond motifs is 1. The molecule has 1 aromatic rings. The number of amides is 2. The lowest BCUT2D eigenvalue weighted by Gasteiger charge is -2.17. The van der Waals surface area contributed by atoms with Crippen LogP contribution in [0.3, 0.4) is 0 Å². The second-order valence-corrected chi connectivity index (χ2v) is 5.47. The molecule has 1 N–H and O–H groups in total. The number of ether oxygens (including phenoxy) is 3. The summed E-state index contributed by atoms with van der Waals surface area (Å²) in [6.45, 7) is 2.17. The van der Waals surface area contributed by atoms with Gasteiger partial charge in [-0.25, -0.2) is 0 Å². The van der Waals surface area contributed by atoms with Crippen LogP contribution >= 0.6 is 0 Å². The normalized spacial score (nSPS) is 18.6. The van der Waals surface area contributed by atoms with Crippen molar-refractivity contribution in [3.8, 4) is 11.5 Å². The molecule has 2 aliphatic rings. The van der Waals surface area contributed by atoms with E-state index >= 15 is 0 Å². The van der Waals surface area contributed by atoms with Crippen molar-refractivity contribution in [2.45, 2.75) is 13.3 Å². The van der Waals surface area contributed by atoms with E-state index < -0.39 is 11.9 Å². The Balaban J connectivity index is 1.61. The molecule has 1 saturated heterocycles. The quantitative estimate of drug-likeness (QED) is 0.786. The van der Waals surface area contributed by atoms with Crippen LogP contribution in [0.15, 0.2) is 18.2 Å². The van der Waals surface area contributed by atoms with Crippen molar-refractivity contribution in [1.29, 1.82) is 0 Å². The van der Waals surface area contributed by atoms with Gasteiger partial charge in [0, 0.05) is 24.7 Å². The number of carbonyl (C=O) groups excluding carboxylic acids is 3. The molecule has 0 spiro atoms. The molecule has 2 amide bonds. The van der Waals surface area contributed by atoms with Crippen LogP contribution in [0.25, 0.3) is 0 Å². The summed E-state index contributed by atoms with van der Waals surface area (Å²) in [6, 6.07) is 5.21. The Morgan fingerprint density at radius 2 is 2.12 bits per heavy atom. The molecule has 8 nitrogen and oxygen atoms in total. The van der Waals surface area contributed by atoms with Crippen LogP contribution in [-0.4, -0.2) is 44.3 Å². The highest BCUT2D eigenvalue weighted by molar-refractivity contribution is 6.00. The van der Waals surface area contributed by atoms with E-state index in [0.717, 1.165) is 0 Å². The zero-order valence-corrected chi connectivity index (χ0v) is 13.2. The fraction of sp³-hybridized carbons (Fsp3) is 0.438. The predicted octanol–water partition coefficient (Wildman–Crippen LogP) is 0.448. The maximum Gasteiger partial charge on any atom is 0.325 e. The van der Waals surface area contributed by atoms with Crippen molar-refractivity contribution in [3.05, 3.63) is 18.2 Å². The van der Waals surface area contributed by atoms with Gasteiger partial charge in [-0.15, -0.1) is 0 Å². The van der Waals surface area contributed by atoms with Gasteiger partial charge in [-0.3, -0.25) is 14.4 Å². The van der Waals surface area contributed by atoms with Gasteiger partial charge in [-0.05, 0) is 19.1 Å². The molecular weight excluding hydrogens is 316 g/mol. The van der Waals surface area contributed by atoms with Crippen LogP contribution < -0.4 is 19.7 Å². The number of anilines is 1. The molecule has 0 saturated carbocycles. The van der Waals surface area contributed by atoms with Crippen LogP contribution in [0.4, 0.5) is 5.69 Å². The number of esters is 1. The first-order chi connectivity index (χ1) is 11.6. The maximum absolute atomic E-state index is 12.2. The van der Waals surface area contributed by atoms with Gasteiger partial charge in [0.05, 0.1) is 12.5 Å². The first kappa shape index (κ1) is 16.1. The molecule has 2 heterocycles. The molecule has 0 bridgehead atoms. The summed E-state index contributed by atoms with van der Waals surface area (Å²) < 4.78 is 15.3. The fourth-order valence-corrected chi connectivity index (χ4v) is 2.70. The molecule has 24 heavy (non-hydrogen) atoms. The molecule has 1 aromatic carbocycles. The van der Waals surface area contributed by atoms with Gasteiger partial charge < -0.3 is 24.4 Å². The number of nitrogens with one attached hydrogen (secondary N) is 1. The van der Waals surface area contributed by atoms with Crippen LogP contribution in [-0.2, 0) is 19.1 Å². The summed E-state index contributed by atoms with van der Waals surface area (Å²) in [7, 11) is 0. The molecule has 0 aliphatic carbocycles. The predicted molar refractivity (Wildman–Crippen MR) is 82.7 cm³/mol. The Labute approximate surface area is 138 Å². The second-order valence-electron chi connectivity index (χ2n) is 5.47. The molecule has 1 atom stereocenters. The van der Waals surface area contributed by atoms with E-state index in [1.54, 1.807) is 25.1 Å². The molecule has 0 aromatic heterocycles. The topological polar surface area (TPSA) is 94.2 Å². The number of benzene rings is 1. The van der Waals surface area contributed by atoms with E-state index in [9.17, 15) is 14.4 Å². The van der Waals surface area contributed by atoms with Crippen molar-refractivity contribution >= 4 is 23.5 Å². The SMILES string of the molecule is CCOC(=O)CNC(=O)C1CC(=O)N(c2ccc3c(c2)OCO3)C1. The van der Waals surface area contributed by atoms with Crippen molar-refractivity contribution in [1.82, 2.24) is 5.32 Å². The second kappa shape index (κ2) is 6.77. The summed E-state index contributed by atoms with van der Waals surface area (Å²) in [5.74, 6) is -0.269. The third-order valence-electron chi connectivity index (χ3n) is 3.88. The van der Waals surface area contributed by atoms with Gasteiger partial charge in [0.25, 0.3) is 0 Å². The maximum atomic E-state index is 12.2. The van der Waals surface area contributed by atoms with Crippen LogP contribution in [0.2, 0.25) is 0 Å². The van der Waals surface area contributed by atoms with E-state index in [1.807, 2.05) is 0 Å². The fourth-order valence-electron chi connectivity index (χ4n) is 2.70. The third kappa shape index (κ3) is 3.27. The van der Waals surface area contributed by atoms with Gasteiger partial charge >= 0.3 is 5.97 Å². The zero-order chi connectivity index (χ0) is 17.1. The molecule has 128 valence electrons. The van der Waals surface area contributed by atoms with Gasteiger partial charge in [-0.2, -0.15) is 0 Å². The average Bonchev–Trinajstić information content (AvgIpc) is 3.18. The third-order valence-corrected chi connectivity index (χ3v) is 3.88. The minimum Gasteiger partial charge on any atom is -0.465 e. The minimum absolute atomic E-state index is 0.100. The Bertz CT molecular complexity index is 675. The number of nitrogens with zero attached hydrogens (tertiary/aromatic N) is 1. The van der Waals surface area contributed by atoms with Gasteiger partial charge in [-0.1, -0.05) is 0 Å². The molecule has 1 fully saturated rings. The van der Waals surface area contributed by atoms with Crippen molar-refractivity contribution in [2.75, 3.05) is 31.4 Å².